The number of aliphatic carboxylic acids is 1. The third-order valence-electron chi connectivity index (χ3n) is 4.86. The van der Waals surface area contributed by atoms with E-state index in [1.807, 2.05) is 41.3 Å². The lowest BCUT2D eigenvalue weighted by Crippen LogP contribution is -2.48. The first kappa shape index (κ1) is 17.6. The van der Waals surface area contributed by atoms with Gasteiger partial charge in [-0.3, -0.25) is 14.5 Å². The lowest BCUT2D eigenvalue weighted by molar-refractivity contribution is -0.143. The Morgan fingerprint density at radius 2 is 1.96 bits per heavy atom. The van der Waals surface area contributed by atoms with Crippen LogP contribution in [0.3, 0.4) is 0 Å². The van der Waals surface area contributed by atoms with Crippen LogP contribution in [-0.2, 0) is 20.9 Å². The van der Waals surface area contributed by atoms with E-state index in [2.05, 4.69) is 5.32 Å². The van der Waals surface area contributed by atoms with Crippen molar-refractivity contribution in [3.05, 3.63) is 47.5 Å². The Labute approximate surface area is 147 Å². The van der Waals surface area contributed by atoms with Crippen molar-refractivity contribution in [3.63, 3.8) is 0 Å². The summed E-state index contributed by atoms with van der Waals surface area (Å²) in [6, 6.07) is 8.67. The molecule has 134 valence electrons. The van der Waals surface area contributed by atoms with Gasteiger partial charge in [0.2, 0.25) is 5.91 Å². The largest absolute Gasteiger partial charge is 0.480 e. The summed E-state index contributed by atoms with van der Waals surface area (Å²) < 4.78 is 5.27. The summed E-state index contributed by atoms with van der Waals surface area (Å²) in [7, 11) is 0. The smallest absolute Gasteiger partial charge is 0.320 e. The normalized spacial score (nSPS) is 23.9. The fourth-order valence-corrected chi connectivity index (χ4v) is 3.47. The molecule has 2 N–H and O–H groups in total. The Hall–Kier alpha value is -2.18. The molecule has 0 saturated carbocycles. The first-order valence-electron chi connectivity index (χ1n) is 8.71. The van der Waals surface area contributed by atoms with Gasteiger partial charge in [0.05, 0.1) is 19.3 Å². The van der Waals surface area contributed by atoms with Crippen LogP contribution in [0.25, 0.3) is 0 Å². The van der Waals surface area contributed by atoms with Crippen molar-refractivity contribution in [3.8, 4) is 0 Å². The van der Waals surface area contributed by atoms with Crippen molar-refractivity contribution in [2.24, 2.45) is 0 Å². The Balaban J connectivity index is 1.66. The topological polar surface area (TPSA) is 78.9 Å². The molecule has 2 heterocycles. The van der Waals surface area contributed by atoms with E-state index in [0.29, 0.717) is 39.1 Å². The highest BCUT2D eigenvalue weighted by Gasteiger charge is 2.41. The van der Waals surface area contributed by atoms with Gasteiger partial charge in [0.25, 0.3) is 0 Å². The molecule has 0 aromatic heterocycles. The number of carboxylic acids is 1. The molecule has 1 amide bonds. The number of hydrogen-bond acceptors (Lipinski definition) is 4. The van der Waals surface area contributed by atoms with Crippen LogP contribution in [0.1, 0.15) is 24.8 Å². The maximum Gasteiger partial charge on any atom is 0.320 e. The summed E-state index contributed by atoms with van der Waals surface area (Å²) >= 11 is 0. The average molecular weight is 344 g/mol. The van der Waals surface area contributed by atoms with Crippen LogP contribution in [0.2, 0.25) is 0 Å². The Kier molecular flexibility index (Phi) is 5.83. The number of likely N-dealkylation sites (tertiary alicyclic amines) is 1. The molecule has 2 unspecified atom stereocenters. The number of nitrogens with zero attached hydrogens (tertiary/aromatic N) is 1. The van der Waals surface area contributed by atoms with Crippen molar-refractivity contribution in [2.75, 3.05) is 19.8 Å². The molecule has 0 spiro atoms. The molecular weight excluding hydrogens is 320 g/mol. The molecule has 1 aromatic rings. The standard InChI is InChI=1S/C19H24N2O4/c22-18(20-12-14-8-10-25-11-9-14)16-6-7-17(19(23)24)21(16)13-15-4-2-1-3-5-15/h1-5,8,16-17H,6-7,9-13H2,(H,20,22)(H,23,24). The van der Waals surface area contributed by atoms with Crippen LogP contribution in [0.15, 0.2) is 42.0 Å². The van der Waals surface area contributed by atoms with Crippen LogP contribution in [0.5, 0.6) is 0 Å². The number of ether oxygens (including phenoxy) is 1. The minimum Gasteiger partial charge on any atom is -0.480 e. The minimum absolute atomic E-state index is 0.0907. The molecule has 1 fully saturated rings. The predicted molar refractivity (Wildman–Crippen MR) is 93.0 cm³/mol. The molecule has 1 aromatic carbocycles. The van der Waals surface area contributed by atoms with Crippen molar-refractivity contribution >= 4 is 11.9 Å². The van der Waals surface area contributed by atoms with E-state index >= 15 is 0 Å². The monoisotopic (exact) mass is 344 g/mol. The number of amides is 1. The highest BCUT2D eigenvalue weighted by atomic mass is 16.5. The van der Waals surface area contributed by atoms with E-state index in [1.165, 1.54) is 5.57 Å². The van der Waals surface area contributed by atoms with Gasteiger partial charge in [-0.15, -0.1) is 0 Å². The van der Waals surface area contributed by atoms with Crippen molar-refractivity contribution in [1.29, 1.82) is 0 Å². The van der Waals surface area contributed by atoms with E-state index in [-0.39, 0.29) is 5.91 Å². The van der Waals surface area contributed by atoms with Gasteiger partial charge in [-0.1, -0.05) is 42.0 Å². The molecule has 25 heavy (non-hydrogen) atoms. The number of rotatable bonds is 6. The molecule has 2 atom stereocenters. The number of nitrogens with one attached hydrogen (secondary N) is 1. The molecule has 2 aliphatic rings. The lowest BCUT2D eigenvalue weighted by Gasteiger charge is -2.27. The fourth-order valence-electron chi connectivity index (χ4n) is 3.47. The van der Waals surface area contributed by atoms with Gasteiger partial charge in [0.1, 0.15) is 6.04 Å². The highest BCUT2D eigenvalue weighted by molar-refractivity contribution is 5.84. The third-order valence-corrected chi connectivity index (χ3v) is 4.86. The summed E-state index contributed by atoms with van der Waals surface area (Å²) in [6.45, 7) is 2.25. The number of hydrogen-bond donors (Lipinski definition) is 2. The first-order chi connectivity index (χ1) is 12.1. The second-order valence-electron chi connectivity index (χ2n) is 6.51. The Bertz CT molecular complexity index is 644. The molecule has 0 radical (unpaired) electrons. The Morgan fingerprint density at radius 3 is 2.64 bits per heavy atom. The van der Waals surface area contributed by atoms with Gasteiger partial charge in [-0.25, -0.2) is 0 Å². The summed E-state index contributed by atoms with van der Waals surface area (Å²) in [6.07, 6.45) is 3.89. The van der Waals surface area contributed by atoms with Crippen LogP contribution in [0, 0.1) is 0 Å². The van der Waals surface area contributed by atoms with Crippen LogP contribution >= 0.6 is 0 Å². The van der Waals surface area contributed by atoms with Gasteiger partial charge in [-0.05, 0) is 24.8 Å². The lowest BCUT2D eigenvalue weighted by atomic mass is 10.1. The second kappa shape index (κ2) is 8.27. The maximum absolute atomic E-state index is 12.7. The van der Waals surface area contributed by atoms with Crippen LogP contribution in [-0.4, -0.2) is 53.7 Å². The van der Waals surface area contributed by atoms with E-state index in [9.17, 15) is 14.7 Å². The maximum atomic E-state index is 12.7. The highest BCUT2D eigenvalue weighted by Crippen LogP contribution is 2.27. The molecule has 3 rings (SSSR count). The molecule has 2 aliphatic heterocycles. The molecule has 6 heteroatoms. The Morgan fingerprint density at radius 1 is 1.20 bits per heavy atom. The fraction of sp³-hybridized carbons (Fsp3) is 0.474. The zero-order chi connectivity index (χ0) is 17.6. The second-order valence-corrected chi connectivity index (χ2v) is 6.51. The molecule has 6 nitrogen and oxygen atoms in total. The summed E-state index contributed by atoms with van der Waals surface area (Å²) in [4.78, 5) is 26.0. The van der Waals surface area contributed by atoms with Crippen molar-refractivity contribution in [1.82, 2.24) is 10.2 Å². The molecule has 0 bridgehead atoms. The number of carbonyl (C=O) groups excluding carboxylic acids is 1. The van der Waals surface area contributed by atoms with E-state index < -0.39 is 18.1 Å². The summed E-state index contributed by atoms with van der Waals surface area (Å²) in [5, 5.41) is 12.5. The average Bonchev–Trinajstić information content (AvgIpc) is 3.05. The zero-order valence-corrected chi connectivity index (χ0v) is 14.2. The first-order valence-corrected chi connectivity index (χ1v) is 8.71. The minimum atomic E-state index is -0.863. The quantitative estimate of drug-likeness (QED) is 0.766. The third kappa shape index (κ3) is 4.46. The molecule has 0 aliphatic carbocycles. The van der Waals surface area contributed by atoms with E-state index in [1.54, 1.807) is 0 Å². The summed E-state index contributed by atoms with van der Waals surface area (Å²) in [5.41, 5.74) is 2.18. The van der Waals surface area contributed by atoms with Crippen LogP contribution < -0.4 is 5.32 Å². The summed E-state index contributed by atoms with van der Waals surface area (Å²) in [5.74, 6) is -0.953. The number of benzene rings is 1. The zero-order valence-electron chi connectivity index (χ0n) is 14.2. The van der Waals surface area contributed by atoms with Crippen molar-refractivity contribution in [2.45, 2.75) is 37.9 Å². The van der Waals surface area contributed by atoms with Gasteiger partial charge >= 0.3 is 5.97 Å². The van der Waals surface area contributed by atoms with E-state index in [0.717, 1.165) is 12.0 Å². The van der Waals surface area contributed by atoms with Gasteiger partial charge in [0.15, 0.2) is 0 Å². The van der Waals surface area contributed by atoms with Gasteiger partial charge in [-0.2, -0.15) is 0 Å². The number of carbonyl (C=O) groups is 2. The van der Waals surface area contributed by atoms with E-state index in [4.69, 9.17) is 4.74 Å². The van der Waals surface area contributed by atoms with Gasteiger partial charge in [0, 0.05) is 13.1 Å². The van der Waals surface area contributed by atoms with Gasteiger partial charge < -0.3 is 15.2 Å². The van der Waals surface area contributed by atoms with Crippen LogP contribution in [0.4, 0.5) is 0 Å². The number of carboxylic acid groups (broad SMARTS) is 1. The molecular formula is C19H24N2O4. The molecule has 1 saturated heterocycles. The van der Waals surface area contributed by atoms with Crippen molar-refractivity contribution < 1.29 is 19.4 Å². The predicted octanol–water partition coefficient (Wildman–Crippen LogP) is 1.57. The SMILES string of the molecule is O=C(O)C1CCC(C(=O)NCC2=CCOCC2)N1Cc1ccccc1.